The molecule has 0 saturated heterocycles. The van der Waals surface area contributed by atoms with Crippen LogP contribution in [-0.4, -0.2) is 16.1 Å². The lowest BCUT2D eigenvalue weighted by Gasteiger charge is -2.07. The van der Waals surface area contributed by atoms with Crippen LogP contribution in [0.1, 0.15) is 21.6 Å². The Morgan fingerprint density at radius 2 is 2.05 bits per heavy atom. The van der Waals surface area contributed by atoms with Crippen molar-refractivity contribution in [3.63, 3.8) is 0 Å². The molecule has 1 N–H and O–H groups in total. The maximum absolute atomic E-state index is 10.7. The van der Waals surface area contributed by atoms with Gasteiger partial charge < -0.3 is 9.84 Å². The molecule has 0 atom stereocenters. The molecule has 0 amide bonds. The summed E-state index contributed by atoms with van der Waals surface area (Å²) in [5, 5.41) is 17.6. The first kappa shape index (κ1) is 12.6. The molecule has 1 aromatic carbocycles. The summed E-state index contributed by atoms with van der Waals surface area (Å²) in [6.45, 7) is 0.211. The zero-order valence-corrected chi connectivity index (χ0v) is 9.91. The van der Waals surface area contributed by atoms with Crippen molar-refractivity contribution < 1.29 is 14.6 Å². The Morgan fingerprint density at radius 3 is 2.68 bits per heavy atom. The lowest BCUT2D eigenvalue weighted by Crippen LogP contribution is -2.00. The van der Waals surface area contributed by atoms with Crippen LogP contribution in [0.15, 0.2) is 42.6 Å². The number of carboxylic acids is 1. The largest absolute Gasteiger partial charge is 0.489 e. The van der Waals surface area contributed by atoms with E-state index in [4.69, 9.17) is 15.1 Å². The van der Waals surface area contributed by atoms with Gasteiger partial charge in [0.1, 0.15) is 24.1 Å². The smallest absolute Gasteiger partial charge is 0.335 e. The van der Waals surface area contributed by atoms with Crippen LogP contribution in [0.25, 0.3) is 0 Å². The van der Waals surface area contributed by atoms with E-state index in [9.17, 15) is 4.79 Å². The van der Waals surface area contributed by atoms with E-state index in [0.717, 1.165) is 0 Å². The molecule has 0 bridgehead atoms. The molecule has 0 aliphatic rings. The van der Waals surface area contributed by atoms with Crippen LogP contribution in [0.3, 0.4) is 0 Å². The Bertz CT molecular complexity index is 630. The monoisotopic (exact) mass is 254 g/mol. The van der Waals surface area contributed by atoms with Crippen LogP contribution in [0.4, 0.5) is 0 Å². The molecule has 19 heavy (non-hydrogen) atoms. The molecule has 0 unspecified atom stereocenters. The summed E-state index contributed by atoms with van der Waals surface area (Å²) in [4.78, 5) is 14.6. The molecule has 0 aliphatic heterocycles. The number of aromatic nitrogens is 1. The van der Waals surface area contributed by atoms with Gasteiger partial charge in [-0.3, -0.25) is 0 Å². The molecule has 5 heteroatoms. The average Bonchev–Trinajstić information content (AvgIpc) is 2.45. The van der Waals surface area contributed by atoms with Crippen molar-refractivity contribution in [1.82, 2.24) is 4.98 Å². The van der Waals surface area contributed by atoms with Gasteiger partial charge in [0.15, 0.2) is 0 Å². The summed E-state index contributed by atoms with van der Waals surface area (Å²) < 4.78 is 5.49. The molecule has 2 aromatic rings. The predicted octanol–water partition coefficient (Wildman–Crippen LogP) is 2.23. The lowest BCUT2D eigenvalue weighted by atomic mass is 10.2. The second-order valence-corrected chi connectivity index (χ2v) is 3.74. The minimum absolute atomic E-state index is 0.200. The van der Waals surface area contributed by atoms with Crippen molar-refractivity contribution in [3.05, 3.63) is 59.4 Å². The summed E-state index contributed by atoms with van der Waals surface area (Å²) in [5.41, 5.74) is 1.21. The Labute approximate surface area is 109 Å². The Morgan fingerprint density at radius 1 is 1.32 bits per heavy atom. The van der Waals surface area contributed by atoms with Gasteiger partial charge in [-0.15, -0.1) is 0 Å². The van der Waals surface area contributed by atoms with Gasteiger partial charge in [0, 0.05) is 11.8 Å². The minimum Gasteiger partial charge on any atom is -0.489 e. The van der Waals surface area contributed by atoms with Crippen molar-refractivity contribution in [2.24, 2.45) is 0 Å². The number of aromatic carboxylic acids is 1. The molecule has 0 spiro atoms. The van der Waals surface area contributed by atoms with Gasteiger partial charge in [0.05, 0.1) is 5.56 Å². The van der Waals surface area contributed by atoms with Gasteiger partial charge in [-0.25, -0.2) is 9.78 Å². The van der Waals surface area contributed by atoms with Crippen molar-refractivity contribution in [3.8, 4) is 11.8 Å². The third kappa shape index (κ3) is 3.07. The second-order valence-electron chi connectivity index (χ2n) is 3.74. The number of hydrogen-bond acceptors (Lipinski definition) is 4. The maximum Gasteiger partial charge on any atom is 0.335 e. The van der Waals surface area contributed by atoms with Crippen molar-refractivity contribution >= 4 is 5.97 Å². The molecular weight excluding hydrogens is 244 g/mol. The third-order valence-corrected chi connectivity index (χ3v) is 2.49. The quantitative estimate of drug-likeness (QED) is 0.904. The van der Waals surface area contributed by atoms with Crippen molar-refractivity contribution in [1.29, 1.82) is 5.26 Å². The normalized spacial score (nSPS) is 9.63. The Kier molecular flexibility index (Phi) is 3.74. The van der Waals surface area contributed by atoms with Gasteiger partial charge in [-0.1, -0.05) is 6.07 Å². The van der Waals surface area contributed by atoms with E-state index < -0.39 is 5.97 Å². The highest BCUT2D eigenvalue weighted by molar-refractivity contribution is 5.87. The molecule has 2 rings (SSSR count). The molecule has 94 valence electrons. The van der Waals surface area contributed by atoms with Crippen LogP contribution in [0.5, 0.6) is 5.75 Å². The zero-order valence-electron chi connectivity index (χ0n) is 9.91. The van der Waals surface area contributed by atoms with Gasteiger partial charge in [-0.2, -0.15) is 5.26 Å². The maximum atomic E-state index is 10.7. The SMILES string of the molecule is N#Cc1ncccc1COc1ccc(C(=O)O)cc1. The van der Waals surface area contributed by atoms with Gasteiger partial charge in [0.2, 0.25) is 0 Å². The fourth-order valence-electron chi connectivity index (χ4n) is 1.51. The van der Waals surface area contributed by atoms with Crippen LogP contribution >= 0.6 is 0 Å². The summed E-state index contributed by atoms with van der Waals surface area (Å²) >= 11 is 0. The Balaban J connectivity index is 2.06. The number of ether oxygens (including phenoxy) is 1. The molecule has 1 aromatic heterocycles. The van der Waals surface area contributed by atoms with E-state index in [-0.39, 0.29) is 12.2 Å². The third-order valence-electron chi connectivity index (χ3n) is 2.49. The number of carboxylic acid groups (broad SMARTS) is 1. The van der Waals surface area contributed by atoms with E-state index in [1.54, 1.807) is 30.5 Å². The summed E-state index contributed by atoms with van der Waals surface area (Å²) in [6.07, 6.45) is 1.55. The number of hydrogen-bond donors (Lipinski definition) is 1. The summed E-state index contributed by atoms with van der Waals surface area (Å²) in [5.74, 6) is -0.441. The second kappa shape index (κ2) is 5.65. The van der Waals surface area contributed by atoms with E-state index >= 15 is 0 Å². The molecule has 5 nitrogen and oxygen atoms in total. The molecule has 0 fully saturated rings. The van der Waals surface area contributed by atoms with Gasteiger partial charge >= 0.3 is 5.97 Å². The number of nitriles is 1. The van der Waals surface area contributed by atoms with E-state index in [1.165, 1.54) is 12.1 Å². The first-order valence-electron chi connectivity index (χ1n) is 5.51. The first-order valence-corrected chi connectivity index (χ1v) is 5.51. The fourth-order valence-corrected chi connectivity index (χ4v) is 1.51. The van der Waals surface area contributed by atoms with Crippen LogP contribution < -0.4 is 4.74 Å². The van der Waals surface area contributed by atoms with Crippen LogP contribution in [0, 0.1) is 11.3 Å². The van der Waals surface area contributed by atoms with Gasteiger partial charge in [0.25, 0.3) is 0 Å². The van der Waals surface area contributed by atoms with E-state index in [1.807, 2.05) is 6.07 Å². The van der Waals surface area contributed by atoms with E-state index in [2.05, 4.69) is 4.98 Å². The highest BCUT2D eigenvalue weighted by Crippen LogP contribution is 2.15. The highest BCUT2D eigenvalue weighted by atomic mass is 16.5. The lowest BCUT2D eigenvalue weighted by molar-refractivity contribution is 0.0697. The van der Waals surface area contributed by atoms with Crippen molar-refractivity contribution in [2.75, 3.05) is 0 Å². The standard InChI is InChI=1S/C14H10N2O3/c15-8-13-11(2-1-7-16-13)9-19-12-5-3-10(4-6-12)14(17)18/h1-7H,9H2,(H,17,18). The molecule has 0 saturated carbocycles. The number of benzene rings is 1. The predicted molar refractivity (Wildman–Crippen MR) is 66.7 cm³/mol. The summed E-state index contributed by atoms with van der Waals surface area (Å²) in [6, 6.07) is 11.6. The van der Waals surface area contributed by atoms with Crippen molar-refractivity contribution in [2.45, 2.75) is 6.61 Å². The number of nitrogens with zero attached hydrogens (tertiary/aromatic N) is 2. The number of carbonyl (C=O) groups is 1. The topological polar surface area (TPSA) is 83.2 Å². The number of rotatable bonds is 4. The minimum atomic E-state index is -0.981. The molecule has 1 heterocycles. The summed E-state index contributed by atoms with van der Waals surface area (Å²) in [7, 11) is 0. The number of pyridine rings is 1. The molecular formula is C14H10N2O3. The fraction of sp³-hybridized carbons (Fsp3) is 0.0714. The van der Waals surface area contributed by atoms with E-state index in [0.29, 0.717) is 17.0 Å². The van der Waals surface area contributed by atoms with Crippen LogP contribution in [0.2, 0.25) is 0 Å². The highest BCUT2D eigenvalue weighted by Gasteiger charge is 2.05. The average molecular weight is 254 g/mol. The Hall–Kier alpha value is -2.87. The van der Waals surface area contributed by atoms with Crippen LogP contribution in [-0.2, 0) is 6.61 Å². The molecule has 0 radical (unpaired) electrons. The molecule has 0 aliphatic carbocycles. The van der Waals surface area contributed by atoms with Gasteiger partial charge in [-0.05, 0) is 30.3 Å². The first-order chi connectivity index (χ1) is 9.20. The zero-order chi connectivity index (χ0) is 13.7.